The average Bonchev–Trinajstić information content (AvgIpc) is 2.03. The van der Waals surface area contributed by atoms with Crippen LogP contribution in [-0.2, 0) is 10.1 Å². The lowest BCUT2D eigenvalue weighted by Gasteiger charge is -2.05. The molecule has 1 rings (SSSR count). The Kier molecular flexibility index (Phi) is 2.41. The van der Waals surface area contributed by atoms with Crippen molar-refractivity contribution in [2.24, 2.45) is 0 Å². The summed E-state index contributed by atoms with van der Waals surface area (Å²) in [7, 11) is -4.43. The Morgan fingerprint density at radius 3 is 2.25 bits per heavy atom. The van der Waals surface area contributed by atoms with Crippen LogP contribution in [0.4, 0.5) is 0 Å². The zero-order chi connectivity index (χ0) is 9.19. The number of pyridine rings is 1. The SMILES string of the molecule is O=S(=O)(O)C(O)c1ccncc1. The third-order valence-corrected chi connectivity index (χ3v) is 2.11. The number of aliphatic hydroxyl groups is 1. The van der Waals surface area contributed by atoms with Gasteiger partial charge in [0, 0.05) is 18.0 Å². The van der Waals surface area contributed by atoms with Gasteiger partial charge in [-0.15, -0.1) is 0 Å². The fraction of sp³-hybridized carbons (Fsp3) is 0.167. The first-order chi connectivity index (χ1) is 5.52. The van der Waals surface area contributed by atoms with Crippen LogP contribution in [0.1, 0.15) is 11.0 Å². The molecule has 0 aromatic carbocycles. The average molecular weight is 189 g/mol. The van der Waals surface area contributed by atoms with Crippen molar-refractivity contribution in [2.75, 3.05) is 0 Å². The minimum atomic E-state index is -4.43. The summed E-state index contributed by atoms with van der Waals surface area (Å²) in [6.07, 6.45) is 2.65. The van der Waals surface area contributed by atoms with Crippen LogP contribution < -0.4 is 0 Å². The zero-order valence-electron chi connectivity index (χ0n) is 5.95. The molecule has 0 amide bonds. The molecule has 0 aliphatic heterocycles. The topological polar surface area (TPSA) is 87.5 Å². The second-order valence-electron chi connectivity index (χ2n) is 2.15. The Balaban J connectivity index is 3.02. The summed E-state index contributed by atoms with van der Waals surface area (Å²) in [5, 5.41) is 8.99. The van der Waals surface area contributed by atoms with Gasteiger partial charge in [0.2, 0.25) is 5.44 Å². The number of hydrogen-bond donors (Lipinski definition) is 2. The third kappa shape index (κ3) is 2.00. The number of nitrogens with zero attached hydrogens (tertiary/aromatic N) is 1. The lowest BCUT2D eigenvalue weighted by molar-refractivity contribution is 0.238. The minimum Gasteiger partial charge on any atom is -0.371 e. The molecule has 66 valence electrons. The van der Waals surface area contributed by atoms with E-state index in [1.54, 1.807) is 0 Å². The maximum Gasteiger partial charge on any atom is 0.296 e. The highest BCUT2D eigenvalue weighted by atomic mass is 32.2. The van der Waals surface area contributed by atoms with Crippen LogP contribution in [0.25, 0.3) is 0 Å². The van der Waals surface area contributed by atoms with Crippen molar-refractivity contribution in [3.63, 3.8) is 0 Å². The lowest BCUT2D eigenvalue weighted by Crippen LogP contribution is -2.10. The van der Waals surface area contributed by atoms with Crippen molar-refractivity contribution >= 4 is 10.1 Å². The maximum absolute atomic E-state index is 10.4. The molecule has 0 fully saturated rings. The van der Waals surface area contributed by atoms with E-state index >= 15 is 0 Å². The van der Waals surface area contributed by atoms with Crippen LogP contribution in [0.3, 0.4) is 0 Å². The first-order valence-electron chi connectivity index (χ1n) is 3.06. The van der Waals surface area contributed by atoms with Gasteiger partial charge in [0.05, 0.1) is 0 Å². The molecule has 1 atom stereocenters. The lowest BCUT2D eigenvalue weighted by atomic mass is 10.3. The van der Waals surface area contributed by atoms with Gasteiger partial charge in [-0.05, 0) is 12.1 Å². The first-order valence-corrected chi connectivity index (χ1v) is 4.56. The number of aliphatic hydroxyl groups excluding tert-OH is 1. The van der Waals surface area contributed by atoms with Crippen molar-refractivity contribution < 1.29 is 18.1 Å². The van der Waals surface area contributed by atoms with Crippen molar-refractivity contribution in [1.29, 1.82) is 0 Å². The van der Waals surface area contributed by atoms with E-state index in [4.69, 9.17) is 9.66 Å². The van der Waals surface area contributed by atoms with Crippen LogP contribution in [0.5, 0.6) is 0 Å². The monoisotopic (exact) mass is 189 g/mol. The molecule has 0 radical (unpaired) electrons. The summed E-state index contributed by atoms with van der Waals surface area (Å²) in [6.45, 7) is 0. The normalized spacial score (nSPS) is 14.2. The molecule has 1 heterocycles. The van der Waals surface area contributed by atoms with Crippen molar-refractivity contribution in [1.82, 2.24) is 4.98 Å². The number of hydrogen-bond acceptors (Lipinski definition) is 4. The smallest absolute Gasteiger partial charge is 0.296 e. The van der Waals surface area contributed by atoms with Gasteiger partial charge in [-0.2, -0.15) is 8.42 Å². The third-order valence-electron chi connectivity index (χ3n) is 1.27. The van der Waals surface area contributed by atoms with Gasteiger partial charge in [0.15, 0.2) is 0 Å². The standard InChI is InChI=1S/C6H7NO4S/c8-6(12(9,10)11)5-1-3-7-4-2-5/h1-4,6,8H,(H,9,10,11). The molecule has 1 aromatic rings. The van der Waals surface area contributed by atoms with E-state index in [9.17, 15) is 8.42 Å². The first kappa shape index (κ1) is 9.11. The van der Waals surface area contributed by atoms with Crippen LogP contribution >= 0.6 is 0 Å². The molecule has 2 N–H and O–H groups in total. The Morgan fingerprint density at radius 1 is 1.33 bits per heavy atom. The van der Waals surface area contributed by atoms with Crippen LogP contribution in [0, 0.1) is 0 Å². The molecule has 5 nitrogen and oxygen atoms in total. The summed E-state index contributed by atoms with van der Waals surface area (Å²) in [5.74, 6) is 0. The zero-order valence-corrected chi connectivity index (χ0v) is 6.77. The molecular weight excluding hydrogens is 182 g/mol. The number of aromatic nitrogens is 1. The summed E-state index contributed by atoms with van der Waals surface area (Å²) in [4.78, 5) is 3.62. The van der Waals surface area contributed by atoms with Crippen LogP contribution in [0.15, 0.2) is 24.5 Å². The summed E-state index contributed by atoms with van der Waals surface area (Å²) < 4.78 is 29.3. The van der Waals surface area contributed by atoms with Gasteiger partial charge in [-0.1, -0.05) is 0 Å². The molecule has 6 heteroatoms. The predicted molar refractivity (Wildman–Crippen MR) is 40.7 cm³/mol. The molecule has 0 aliphatic rings. The summed E-state index contributed by atoms with van der Waals surface area (Å²) in [5.41, 5.74) is -1.80. The quantitative estimate of drug-likeness (QED) is 0.637. The highest BCUT2D eigenvalue weighted by Crippen LogP contribution is 2.16. The van der Waals surface area contributed by atoms with Gasteiger partial charge < -0.3 is 5.11 Å². The second-order valence-corrected chi connectivity index (χ2v) is 3.62. The van der Waals surface area contributed by atoms with E-state index in [0.29, 0.717) is 0 Å². The molecule has 0 saturated heterocycles. The minimum absolute atomic E-state index is 0.0903. The van der Waals surface area contributed by atoms with Crippen molar-refractivity contribution in [3.05, 3.63) is 30.1 Å². The molecule has 0 aliphatic carbocycles. The van der Waals surface area contributed by atoms with Crippen LogP contribution in [-0.4, -0.2) is 23.1 Å². The Hall–Kier alpha value is -0.980. The van der Waals surface area contributed by atoms with Gasteiger partial charge in [0.25, 0.3) is 10.1 Å². The van der Waals surface area contributed by atoms with Gasteiger partial charge in [-0.25, -0.2) is 0 Å². The molecule has 0 saturated carbocycles. The Labute approximate surface area is 69.4 Å². The molecule has 1 unspecified atom stereocenters. The molecule has 0 bridgehead atoms. The van der Waals surface area contributed by atoms with E-state index in [2.05, 4.69) is 4.98 Å². The molecule has 0 spiro atoms. The highest BCUT2D eigenvalue weighted by molar-refractivity contribution is 7.85. The van der Waals surface area contributed by atoms with Gasteiger partial charge in [0.1, 0.15) is 0 Å². The van der Waals surface area contributed by atoms with E-state index in [1.165, 1.54) is 24.5 Å². The number of rotatable bonds is 2. The van der Waals surface area contributed by atoms with Gasteiger partial charge in [-0.3, -0.25) is 9.54 Å². The Morgan fingerprint density at radius 2 is 1.83 bits per heavy atom. The molecule has 12 heavy (non-hydrogen) atoms. The van der Waals surface area contributed by atoms with E-state index < -0.39 is 15.6 Å². The maximum atomic E-state index is 10.4. The summed E-state index contributed by atoms with van der Waals surface area (Å²) >= 11 is 0. The van der Waals surface area contributed by atoms with E-state index in [0.717, 1.165) is 0 Å². The van der Waals surface area contributed by atoms with Crippen LogP contribution in [0.2, 0.25) is 0 Å². The second kappa shape index (κ2) is 3.18. The van der Waals surface area contributed by atoms with E-state index in [-0.39, 0.29) is 5.56 Å². The molecular formula is C6H7NO4S. The fourth-order valence-corrected chi connectivity index (χ4v) is 1.20. The summed E-state index contributed by atoms with van der Waals surface area (Å²) in [6, 6.07) is 2.61. The van der Waals surface area contributed by atoms with Crippen molar-refractivity contribution in [2.45, 2.75) is 5.44 Å². The fourth-order valence-electron chi connectivity index (χ4n) is 0.700. The molecule has 1 aromatic heterocycles. The van der Waals surface area contributed by atoms with Crippen molar-refractivity contribution in [3.8, 4) is 0 Å². The highest BCUT2D eigenvalue weighted by Gasteiger charge is 2.20. The Bertz CT molecular complexity index is 347. The predicted octanol–water partition coefficient (Wildman–Crippen LogP) is -0.0397. The largest absolute Gasteiger partial charge is 0.371 e. The van der Waals surface area contributed by atoms with Gasteiger partial charge >= 0.3 is 0 Å². The van der Waals surface area contributed by atoms with E-state index in [1.807, 2.05) is 0 Å².